The Balaban J connectivity index is 2.01. The number of nitrogens with zero attached hydrogens (tertiary/aromatic N) is 1. The molecule has 1 N–H and O–H groups in total. The lowest BCUT2D eigenvalue weighted by molar-refractivity contribution is 0.103. The molecule has 2 rings (SSSR count). The SMILES string of the molecule is CN1CCOCC2CCNCC21. The Hall–Kier alpha value is -0.120. The average Bonchev–Trinajstić information content (AvgIpc) is 2.29. The average molecular weight is 170 g/mol. The molecule has 0 aromatic carbocycles. The molecular formula is C9H18N2O. The molecule has 2 atom stereocenters. The summed E-state index contributed by atoms with van der Waals surface area (Å²) >= 11 is 0. The maximum atomic E-state index is 5.56. The zero-order chi connectivity index (χ0) is 8.39. The van der Waals surface area contributed by atoms with Gasteiger partial charge in [0.2, 0.25) is 0 Å². The van der Waals surface area contributed by atoms with Crippen LogP contribution in [0.25, 0.3) is 0 Å². The van der Waals surface area contributed by atoms with Crippen LogP contribution < -0.4 is 5.32 Å². The molecule has 3 nitrogen and oxygen atoms in total. The van der Waals surface area contributed by atoms with Crippen LogP contribution in [-0.2, 0) is 4.74 Å². The molecule has 0 radical (unpaired) electrons. The van der Waals surface area contributed by atoms with Crippen molar-refractivity contribution in [2.45, 2.75) is 12.5 Å². The standard InChI is InChI=1S/C9H18N2O/c1-11-4-5-12-7-8-2-3-10-6-9(8)11/h8-10H,2-7H2,1H3. The van der Waals surface area contributed by atoms with Crippen LogP contribution in [0.1, 0.15) is 6.42 Å². The molecule has 0 bridgehead atoms. The first-order valence-corrected chi connectivity index (χ1v) is 4.86. The fourth-order valence-corrected chi connectivity index (χ4v) is 2.22. The molecular weight excluding hydrogens is 152 g/mol. The van der Waals surface area contributed by atoms with E-state index in [0.717, 1.165) is 32.2 Å². The van der Waals surface area contributed by atoms with E-state index in [-0.39, 0.29) is 0 Å². The molecule has 70 valence electrons. The van der Waals surface area contributed by atoms with Crippen molar-refractivity contribution in [2.75, 3.05) is 39.9 Å². The van der Waals surface area contributed by atoms with E-state index < -0.39 is 0 Å². The summed E-state index contributed by atoms with van der Waals surface area (Å²) in [7, 11) is 2.21. The summed E-state index contributed by atoms with van der Waals surface area (Å²) in [6, 6.07) is 0.709. The van der Waals surface area contributed by atoms with Crippen LogP contribution in [0.3, 0.4) is 0 Å². The second-order valence-electron chi connectivity index (χ2n) is 3.88. The monoisotopic (exact) mass is 170 g/mol. The molecule has 0 spiro atoms. The molecule has 2 saturated heterocycles. The highest BCUT2D eigenvalue weighted by Crippen LogP contribution is 2.19. The summed E-state index contributed by atoms with van der Waals surface area (Å²) < 4.78 is 5.56. The van der Waals surface area contributed by atoms with Gasteiger partial charge < -0.3 is 10.1 Å². The van der Waals surface area contributed by atoms with Crippen LogP contribution in [0.2, 0.25) is 0 Å². The van der Waals surface area contributed by atoms with Gasteiger partial charge in [-0.2, -0.15) is 0 Å². The molecule has 0 aliphatic carbocycles. The van der Waals surface area contributed by atoms with Gasteiger partial charge in [0.25, 0.3) is 0 Å². The van der Waals surface area contributed by atoms with Crippen LogP contribution in [0.4, 0.5) is 0 Å². The third-order valence-corrected chi connectivity index (χ3v) is 3.08. The Morgan fingerprint density at radius 2 is 2.42 bits per heavy atom. The summed E-state index contributed by atoms with van der Waals surface area (Å²) in [6.45, 7) is 5.27. The van der Waals surface area contributed by atoms with Crippen molar-refractivity contribution in [1.29, 1.82) is 0 Å². The molecule has 3 heteroatoms. The van der Waals surface area contributed by atoms with E-state index in [0.29, 0.717) is 6.04 Å². The van der Waals surface area contributed by atoms with Crippen molar-refractivity contribution in [2.24, 2.45) is 5.92 Å². The van der Waals surface area contributed by atoms with E-state index in [1.807, 2.05) is 0 Å². The maximum Gasteiger partial charge on any atom is 0.0593 e. The summed E-state index contributed by atoms with van der Waals surface area (Å²) in [5.41, 5.74) is 0. The van der Waals surface area contributed by atoms with Crippen molar-refractivity contribution in [3.05, 3.63) is 0 Å². The van der Waals surface area contributed by atoms with Gasteiger partial charge in [-0.05, 0) is 20.0 Å². The van der Waals surface area contributed by atoms with Crippen LogP contribution in [0.15, 0.2) is 0 Å². The highest BCUT2D eigenvalue weighted by atomic mass is 16.5. The number of fused-ring (bicyclic) bond motifs is 1. The van der Waals surface area contributed by atoms with Gasteiger partial charge >= 0.3 is 0 Å². The molecule has 2 aliphatic rings. The summed E-state index contributed by atoms with van der Waals surface area (Å²) in [4.78, 5) is 2.43. The van der Waals surface area contributed by atoms with Gasteiger partial charge in [0, 0.05) is 25.0 Å². The Labute approximate surface area is 74.1 Å². The summed E-state index contributed by atoms with van der Waals surface area (Å²) in [5, 5.41) is 3.44. The highest BCUT2D eigenvalue weighted by Gasteiger charge is 2.29. The minimum absolute atomic E-state index is 0.709. The Kier molecular flexibility index (Phi) is 2.63. The van der Waals surface area contributed by atoms with Gasteiger partial charge in [-0.3, -0.25) is 4.90 Å². The Morgan fingerprint density at radius 3 is 3.33 bits per heavy atom. The van der Waals surface area contributed by atoms with Crippen LogP contribution in [0, 0.1) is 5.92 Å². The predicted molar refractivity (Wildman–Crippen MR) is 48.2 cm³/mol. The van der Waals surface area contributed by atoms with Crippen LogP contribution in [-0.4, -0.2) is 50.8 Å². The third-order valence-electron chi connectivity index (χ3n) is 3.08. The number of hydrogen-bond donors (Lipinski definition) is 1. The summed E-state index contributed by atoms with van der Waals surface area (Å²) in [5.74, 6) is 0.763. The van der Waals surface area contributed by atoms with Crippen LogP contribution in [0.5, 0.6) is 0 Å². The topological polar surface area (TPSA) is 24.5 Å². The lowest BCUT2D eigenvalue weighted by atomic mass is 9.93. The van der Waals surface area contributed by atoms with Crippen molar-refractivity contribution in [1.82, 2.24) is 10.2 Å². The first-order chi connectivity index (χ1) is 5.88. The van der Waals surface area contributed by atoms with Gasteiger partial charge in [-0.25, -0.2) is 0 Å². The van der Waals surface area contributed by atoms with E-state index in [9.17, 15) is 0 Å². The van der Waals surface area contributed by atoms with Gasteiger partial charge in [-0.1, -0.05) is 0 Å². The lowest BCUT2D eigenvalue weighted by Gasteiger charge is -2.35. The molecule has 12 heavy (non-hydrogen) atoms. The zero-order valence-electron chi connectivity index (χ0n) is 7.75. The molecule has 2 heterocycles. The van der Waals surface area contributed by atoms with Gasteiger partial charge in [0.15, 0.2) is 0 Å². The normalized spacial score (nSPS) is 38.8. The summed E-state index contributed by atoms with van der Waals surface area (Å²) in [6.07, 6.45) is 1.27. The van der Waals surface area contributed by atoms with Crippen molar-refractivity contribution >= 4 is 0 Å². The number of rotatable bonds is 0. The highest BCUT2D eigenvalue weighted by molar-refractivity contribution is 4.85. The minimum Gasteiger partial charge on any atom is -0.380 e. The molecule has 2 fully saturated rings. The fourth-order valence-electron chi connectivity index (χ4n) is 2.22. The zero-order valence-corrected chi connectivity index (χ0v) is 7.75. The fraction of sp³-hybridized carbons (Fsp3) is 1.00. The predicted octanol–water partition coefficient (Wildman–Crippen LogP) is -0.0735. The van der Waals surface area contributed by atoms with E-state index >= 15 is 0 Å². The molecule has 0 amide bonds. The molecule has 2 aliphatic heterocycles. The van der Waals surface area contributed by atoms with Crippen LogP contribution >= 0.6 is 0 Å². The smallest absolute Gasteiger partial charge is 0.0593 e. The minimum atomic E-state index is 0.709. The second kappa shape index (κ2) is 3.73. The first kappa shape index (κ1) is 8.48. The number of piperidine rings is 1. The quantitative estimate of drug-likeness (QED) is 0.550. The van der Waals surface area contributed by atoms with Gasteiger partial charge in [0.1, 0.15) is 0 Å². The third kappa shape index (κ3) is 1.63. The molecule has 0 aromatic heterocycles. The number of likely N-dealkylation sites (N-methyl/N-ethyl adjacent to an activating group) is 1. The second-order valence-corrected chi connectivity index (χ2v) is 3.88. The largest absolute Gasteiger partial charge is 0.380 e. The molecule has 2 unspecified atom stereocenters. The number of hydrogen-bond acceptors (Lipinski definition) is 3. The van der Waals surface area contributed by atoms with E-state index in [1.165, 1.54) is 13.0 Å². The van der Waals surface area contributed by atoms with Crippen molar-refractivity contribution in [3.63, 3.8) is 0 Å². The van der Waals surface area contributed by atoms with Crippen molar-refractivity contribution in [3.8, 4) is 0 Å². The maximum absolute atomic E-state index is 5.56. The molecule has 0 aromatic rings. The van der Waals surface area contributed by atoms with Crippen molar-refractivity contribution < 1.29 is 4.74 Å². The first-order valence-electron chi connectivity index (χ1n) is 4.86. The number of ether oxygens (including phenoxy) is 1. The van der Waals surface area contributed by atoms with E-state index in [2.05, 4.69) is 17.3 Å². The Morgan fingerprint density at radius 1 is 1.50 bits per heavy atom. The van der Waals surface area contributed by atoms with E-state index in [4.69, 9.17) is 4.74 Å². The Bertz CT molecular complexity index is 151. The van der Waals surface area contributed by atoms with Gasteiger partial charge in [-0.15, -0.1) is 0 Å². The number of nitrogens with one attached hydrogen (secondary N) is 1. The lowest BCUT2D eigenvalue weighted by Crippen LogP contribution is -2.49. The van der Waals surface area contributed by atoms with Gasteiger partial charge in [0.05, 0.1) is 13.2 Å². The van der Waals surface area contributed by atoms with E-state index in [1.54, 1.807) is 0 Å². The molecule has 0 saturated carbocycles.